The van der Waals surface area contributed by atoms with Crippen molar-refractivity contribution >= 4 is 17.6 Å². The van der Waals surface area contributed by atoms with E-state index in [9.17, 15) is 9.90 Å². The standard InChI is InChI=1S/C12H16ClNO3/c1-12(2,3)8-5-6(13)4-7(10(8)15)9(14)11(16)17/h4-5,9,15H,14H2,1-3H3,(H,16,17). The number of nitrogens with two attached hydrogens (primary N) is 1. The van der Waals surface area contributed by atoms with Crippen LogP contribution in [0.3, 0.4) is 0 Å². The minimum Gasteiger partial charge on any atom is -0.507 e. The maximum atomic E-state index is 10.8. The number of aromatic hydroxyl groups is 1. The van der Waals surface area contributed by atoms with Crippen LogP contribution in [-0.4, -0.2) is 16.2 Å². The Morgan fingerprint density at radius 3 is 2.35 bits per heavy atom. The molecule has 4 N–H and O–H groups in total. The topological polar surface area (TPSA) is 83.6 Å². The number of carbonyl (C=O) groups is 1. The van der Waals surface area contributed by atoms with Crippen molar-refractivity contribution in [3.8, 4) is 5.75 Å². The van der Waals surface area contributed by atoms with E-state index in [1.165, 1.54) is 6.07 Å². The summed E-state index contributed by atoms with van der Waals surface area (Å²) in [6.07, 6.45) is 0. The average Bonchev–Trinajstić information content (AvgIpc) is 2.18. The molecule has 0 aromatic heterocycles. The third kappa shape index (κ3) is 2.90. The van der Waals surface area contributed by atoms with Crippen LogP contribution in [0.4, 0.5) is 0 Å². The van der Waals surface area contributed by atoms with Crippen LogP contribution in [0.2, 0.25) is 5.02 Å². The molecule has 1 aromatic rings. The SMILES string of the molecule is CC(C)(C)c1cc(Cl)cc(C(N)C(=O)O)c1O. The molecule has 1 unspecified atom stereocenters. The van der Waals surface area contributed by atoms with Crippen LogP contribution in [0.25, 0.3) is 0 Å². The molecule has 0 aliphatic carbocycles. The lowest BCUT2D eigenvalue weighted by Gasteiger charge is -2.23. The zero-order valence-electron chi connectivity index (χ0n) is 9.99. The van der Waals surface area contributed by atoms with Gasteiger partial charge in [-0.3, -0.25) is 4.79 Å². The molecule has 17 heavy (non-hydrogen) atoms. The molecule has 94 valence electrons. The molecule has 1 aromatic carbocycles. The van der Waals surface area contributed by atoms with Gasteiger partial charge in [0, 0.05) is 16.1 Å². The first-order chi connectivity index (χ1) is 7.64. The zero-order valence-corrected chi connectivity index (χ0v) is 10.7. The Labute approximate surface area is 105 Å². The zero-order chi connectivity index (χ0) is 13.4. The Kier molecular flexibility index (Phi) is 3.69. The minimum absolute atomic E-state index is 0.100. The molecule has 0 aliphatic heterocycles. The molecule has 0 bridgehead atoms. The minimum atomic E-state index is -1.28. The summed E-state index contributed by atoms with van der Waals surface area (Å²) in [4.78, 5) is 10.8. The fourth-order valence-corrected chi connectivity index (χ4v) is 1.79. The second-order valence-corrected chi connectivity index (χ2v) is 5.39. The number of carboxylic acid groups (broad SMARTS) is 1. The highest BCUT2D eigenvalue weighted by Crippen LogP contribution is 2.37. The molecule has 0 fully saturated rings. The molecule has 5 heteroatoms. The third-order valence-electron chi connectivity index (χ3n) is 2.51. The largest absolute Gasteiger partial charge is 0.507 e. The number of halogens is 1. The number of phenols is 1. The van der Waals surface area contributed by atoms with E-state index in [1.54, 1.807) is 6.07 Å². The Morgan fingerprint density at radius 1 is 1.41 bits per heavy atom. The van der Waals surface area contributed by atoms with E-state index in [0.29, 0.717) is 10.6 Å². The van der Waals surface area contributed by atoms with Crippen molar-refractivity contribution in [1.29, 1.82) is 0 Å². The van der Waals surface area contributed by atoms with Gasteiger partial charge in [0.05, 0.1) is 0 Å². The van der Waals surface area contributed by atoms with E-state index in [1.807, 2.05) is 20.8 Å². The van der Waals surface area contributed by atoms with Crippen LogP contribution >= 0.6 is 11.6 Å². The van der Waals surface area contributed by atoms with Gasteiger partial charge in [-0.15, -0.1) is 0 Å². The summed E-state index contributed by atoms with van der Waals surface area (Å²) in [5, 5.41) is 19.3. The highest BCUT2D eigenvalue weighted by atomic mass is 35.5. The number of benzene rings is 1. The summed E-state index contributed by atoms with van der Waals surface area (Å²) in [6.45, 7) is 5.69. The second kappa shape index (κ2) is 4.55. The molecule has 1 atom stereocenters. The first-order valence-electron chi connectivity index (χ1n) is 5.16. The number of hydrogen-bond acceptors (Lipinski definition) is 3. The maximum absolute atomic E-state index is 10.8. The number of carboxylic acids is 1. The van der Waals surface area contributed by atoms with Gasteiger partial charge in [-0.2, -0.15) is 0 Å². The van der Waals surface area contributed by atoms with E-state index in [-0.39, 0.29) is 16.7 Å². The van der Waals surface area contributed by atoms with E-state index in [2.05, 4.69) is 0 Å². The summed E-state index contributed by atoms with van der Waals surface area (Å²) >= 11 is 5.92. The average molecular weight is 258 g/mol. The summed E-state index contributed by atoms with van der Waals surface area (Å²) in [5.74, 6) is -1.31. The normalized spacial score (nSPS) is 13.5. The van der Waals surface area contributed by atoms with Crippen LogP contribution in [0.5, 0.6) is 5.75 Å². The molecule has 4 nitrogen and oxygen atoms in total. The lowest BCUT2D eigenvalue weighted by molar-refractivity contribution is -0.138. The first-order valence-corrected chi connectivity index (χ1v) is 5.53. The second-order valence-electron chi connectivity index (χ2n) is 4.96. The molecule has 0 saturated carbocycles. The molecule has 0 spiro atoms. The van der Waals surface area contributed by atoms with Gasteiger partial charge in [-0.25, -0.2) is 0 Å². The van der Waals surface area contributed by atoms with Gasteiger partial charge in [-0.1, -0.05) is 32.4 Å². The summed E-state index contributed by atoms with van der Waals surface area (Å²) in [7, 11) is 0. The van der Waals surface area contributed by atoms with E-state index in [0.717, 1.165) is 0 Å². The van der Waals surface area contributed by atoms with Crippen molar-refractivity contribution in [3.63, 3.8) is 0 Å². The summed E-state index contributed by atoms with van der Waals surface area (Å²) in [5.41, 5.74) is 5.87. The van der Waals surface area contributed by atoms with Gasteiger partial charge in [-0.05, 0) is 17.5 Å². The van der Waals surface area contributed by atoms with Gasteiger partial charge in [0.15, 0.2) is 0 Å². The van der Waals surface area contributed by atoms with Gasteiger partial charge < -0.3 is 15.9 Å². The number of phenolic OH excluding ortho intramolecular Hbond substituents is 1. The van der Waals surface area contributed by atoms with Crippen LogP contribution in [-0.2, 0) is 10.2 Å². The molecular formula is C12H16ClNO3. The Bertz CT molecular complexity index is 452. The Hall–Kier alpha value is -1.26. The van der Waals surface area contributed by atoms with Crippen molar-refractivity contribution < 1.29 is 15.0 Å². The maximum Gasteiger partial charge on any atom is 0.325 e. The molecule has 0 aliphatic rings. The third-order valence-corrected chi connectivity index (χ3v) is 2.73. The lowest BCUT2D eigenvalue weighted by atomic mass is 9.84. The predicted octanol–water partition coefficient (Wildman–Crippen LogP) is 2.43. The Morgan fingerprint density at radius 2 is 1.94 bits per heavy atom. The summed E-state index contributed by atoms with van der Waals surface area (Å²) < 4.78 is 0. The van der Waals surface area contributed by atoms with Gasteiger partial charge >= 0.3 is 5.97 Å². The first kappa shape index (κ1) is 13.8. The summed E-state index contributed by atoms with van der Waals surface area (Å²) in [6, 6.07) is 1.72. The molecule has 1 rings (SSSR count). The van der Waals surface area contributed by atoms with Crippen molar-refractivity contribution in [2.45, 2.75) is 32.2 Å². The smallest absolute Gasteiger partial charge is 0.325 e. The predicted molar refractivity (Wildman–Crippen MR) is 66.4 cm³/mol. The molecule has 0 saturated heterocycles. The monoisotopic (exact) mass is 257 g/mol. The molecule has 0 radical (unpaired) electrons. The van der Waals surface area contributed by atoms with Crippen molar-refractivity contribution in [2.75, 3.05) is 0 Å². The van der Waals surface area contributed by atoms with Gasteiger partial charge in [0.2, 0.25) is 0 Å². The van der Waals surface area contributed by atoms with Crippen LogP contribution in [0.15, 0.2) is 12.1 Å². The molecule has 0 heterocycles. The van der Waals surface area contributed by atoms with Crippen molar-refractivity contribution in [3.05, 3.63) is 28.3 Å². The number of rotatable bonds is 2. The highest BCUT2D eigenvalue weighted by Gasteiger charge is 2.25. The van der Waals surface area contributed by atoms with E-state index >= 15 is 0 Å². The fraction of sp³-hybridized carbons (Fsp3) is 0.417. The number of aliphatic carboxylic acids is 1. The van der Waals surface area contributed by atoms with Crippen LogP contribution in [0, 0.1) is 0 Å². The highest BCUT2D eigenvalue weighted by molar-refractivity contribution is 6.30. The quantitative estimate of drug-likeness (QED) is 0.760. The Balaban J connectivity index is 3.44. The van der Waals surface area contributed by atoms with Gasteiger partial charge in [0.25, 0.3) is 0 Å². The van der Waals surface area contributed by atoms with Crippen molar-refractivity contribution in [2.24, 2.45) is 5.73 Å². The van der Waals surface area contributed by atoms with Crippen molar-refractivity contribution in [1.82, 2.24) is 0 Å². The molecular weight excluding hydrogens is 242 g/mol. The van der Waals surface area contributed by atoms with Gasteiger partial charge in [0.1, 0.15) is 11.8 Å². The lowest BCUT2D eigenvalue weighted by Crippen LogP contribution is -2.22. The number of hydrogen-bond donors (Lipinski definition) is 3. The van der Waals surface area contributed by atoms with Crippen LogP contribution in [0.1, 0.15) is 37.9 Å². The van der Waals surface area contributed by atoms with E-state index in [4.69, 9.17) is 22.4 Å². The van der Waals surface area contributed by atoms with Crippen LogP contribution < -0.4 is 5.73 Å². The molecule has 0 amide bonds. The fourth-order valence-electron chi connectivity index (χ4n) is 1.56. The van der Waals surface area contributed by atoms with E-state index < -0.39 is 12.0 Å².